The van der Waals surface area contributed by atoms with Crippen molar-refractivity contribution < 1.29 is 0 Å². The zero-order chi connectivity index (χ0) is 11.6. The van der Waals surface area contributed by atoms with Crippen molar-refractivity contribution >= 4 is 11.3 Å². The molecule has 0 aromatic carbocycles. The average Bonchev–Trinajstić information content (AvgIpc) is 2.88. The first-order chi connectivity index (χ1) is 7.65. The Kier molecular flexibility index (Phi) is 3.10. The molecule has 2 aromatic heterocycles. The van der Waals surface area contributed by atoms with E-state index in [4.69, 9.17) is 0 Å². The fourth-order valence-electron chi connectivity index (χ4n) is 2.05. The molecule has 2 heterocycles. The minimum Gasteiger partial charge on any atom is -0.156 e. The summed E-state index contributed by atoms with van der Waals surface area (Å²) >= 11 is 1.70. The minimum atomic E-state index is 0.192. The third kappa shape index (κ3) is 2.02. The Balaban J connectivity index is 2.40. The molecule has 0 radical (unpaired) electrons. The molecule has 0 saturated carbocycles. The Hall–Kier alpha value is -1.16. The normalized spacial score (nSPS) is 11.9. The molecule has 0 aliphatic rings. The van der Waals surface area contributed by atoms with E-state index >= 15 is 0 Å². The molecule has 0 bridgehead atoms. The smallest absolute Gasteiger partial charge is 0.142 e. The summed E-state index contributed by atoms with van der Waals surface area (Å²) in [7, 11) is 0. The third-order valence-electron chi connectivity index (χ3n) is 2.85. The molecule has 2 rings (SSSR count). The van der Waals surface area contributed by atoms with Crippen LogP contribution in [0.3, 0.4) is 0 Å². The molecule has 3 nitrogen and oxygen atoms in total. The lowest BCUT2D eigenvalue weighted by Crippen LogP contribution is -2.18. The van der Waals surface area contributed by atoms with Crippen molar-refractivity contribution in [3.8, 4) is 5.00 Å². The van der Waals surface area contributed by atoms with Crippen molar-refractivity contribution in [1.82, 2.24) is 15.0 Å². The third-order valence-corrected chi connectivity index (χ3v) is 3.73. The van der Waals surface area contributed by atoms with E-state index in [0.717, 1.165) is 5.00 Å². The molecule has 0 aliphatic heterocycles. The highest BCUT2D eigenvalue weighted by molar-refractivity contribution is 7.12. The van der Waals surface area contributed by atoms with Gasteiger partial charge in [-0.3, -0.25) is 0 Å². The van der Waals surface area contributed by atoms with Crippen LogP contribution >= 0.6 is 11.3 Å². The Labute approximate surface area is 100 Å². The van der Waals surface area contributed by atoms with E-state index in [9.17, 15) is 0 Å². The molecule has 4 heteroatoms. The van der Waals surface area contributed by atoms with Crippen LogP contribution in [-0.2, 0) is 5.41 Å². The van der Waals surface area contributed by atoms with Gasteiger partial charge in [-0.1, -0.05) is 27.2 Å². The summed E-state index contributed by atoms with van der Waals surface area (Å²) in [5.41, 5.74) is 1.54. The Morgan fingerprint density at radius 3 is 2.62 bits per heavy atom. The number of hydrogen-bond donors (Lipinski definition) is 0. The molecule has 0 N–H and O–H groups in total. The Morgan fingerprint density at radius 1 is 1.31 bits per heavy atom. The van der Waals surface area contributed by atoms with Crippen LogP contribution in [0.15, 0.2) is 23.8 Å². The minimum absolute atomic E-state index is 0.192. The van der Waals surface area contributed by atoms with Gasteiger partial charge < -0.3 is 0 Å². The van der Waals surface area contributed by atoms with Crippen molar-refractivity contribution in [2.45, 2.75) is 39.0 Å². The van der Waals surface area contributed by atoms with Crippen molar-refractivity contribution in [3.63, 3.8) is 0 Å². The first kappa shape index (κ1) is 11.3. The predicted molar refractivity (Wildman–Crippen MR) is 67.2 cm³/mol. The van der Waals surface area contributed by atoms with Crippen LogP contribution in [0.25, 0.3) is 5.00 Å². The number of thiophene rings is 1. The zero-order valence-corrected chi connectivity index (χ0v) is 10.8. The topological polar surface area (TPSA) is 30.7 Å². The summed E-state index contributed by atoms with van der Waals surface area (Å²) < 4.78 is 0. The van der Waals surface area contributed by atoms with E-state index in [-0.39, 0.29) is 5.41 Å². The second kappa shape index (κ2) is 4.37. The van der Waals surface area contributed by atoms with Crippen LogP contribution < -0.4 is 0 Å². The van der Waals surface area contributed by atoms with E-state index in [2.05, 4.69) is 42.4 Å². The van der Waals surface area contributed by atoms with Crippen LogP contribution in [0.2, 0.25) is 0 Å². The van der Waals surface area contributed by atoms with E-state index in [1.54, 1.807) is 28.5 Å². The van der Waals surface area contributed by atoms with Crippen LogP contribution in [0, 0.1) is 0 Å². The van der Waals surface area contributed by atoms with E-state index in [1.165, 1.54) is 18.4 Å². The molecule has 2 aromatic rings. The van der Waals surface area contributed by atoms with Crippen LogP contribution in [0.4, 0.5) is 0 Å². The lowest BCUT2D eigenvalue weighted by atomic mass is 9.82. The highest BCUT2D eigenvalue weighted by Gasteiger charge is 2.24. The van der Waals surface area contributed by atoms with Crippen molar-refractivity contribution in [2.75, 3.05) is 0 Å². The maximum atomic E-state index is 4.21. The average molecular weight is 235 g/mol. The van der Waals surface area contributed by atoms with Crippen LogP contribution in [0.1, 0.15) is 39.2 Å². The Bertz CT molecular complexity index is 443. The number of nitrogens with zero attached hydrogens (tertiary/aromatic N) is 3. The Morgan fingerprint density at radius 2 is 2.00 bits per heavy atom. The van der Waals surface area contributed by atoms with Crippen LogP contribution in [0.5, 0.6) is 0 Å². The summed E-state index contributed by atoms with van der Waals surface area (Å²) in [5.74, 6) is 0. The molecule has 0 spiro atoms. The lowest BCUT2D eigenvalue weighted by Gasteiger charge is -2.24. The highest BCUT2D eigenvalue weighted by Crippen LogP contribution is 2.35. The SMILES string of the molecule is CCCC(C)(C)c1ccsc1-n1nccn1. The van der Waals surface area contributed by atoms with Crippen LogP contribution in [-0.4, -0.2) is 15.0 Å². The van der Waals surface area contributed by atoms with Gasteiger partial charge in [-0.05, 0) is 28.8 Å². The first-order valence-electron chi connectivity index (χ1n) is 5.60. The summed E-state index contributed by atoms with van der Waals surface area (Å²) in [4.78, 5) is 1.72. The fraction of sp³-hybridized carbons (Fsp3) is 0.500. The van der Waals surface area contributed by atoms with E-state index in [0.29, 0.717) is 0 Å². The van der Waals surface area contributed by atoms with Gasteiger partial charge in [-0.15, -0.1) is 16.1 Å². The fourth-order valence-corrected chi connectivity index (χ4v) is 3.04. The maximum Gasteiger partial charge on any atom is 0.142 e. The highest BCUT2D eigenvalue weighted by atomic mass is 32.1. The molecule has 0 fully saturated rings. The second-order valence-electron chi connectivity index (χ2n) is 4.59. The summed E-state index contributed by atoms with van der Waals surface area (Å²) in [6.07, 6.45) is 5.81. The van der Waals surface area contributed by atoms with Gasteiger partial charge in [0.25, 0.3) is 0 Å². The number of hydrogen-bond acceptors (Lipinski definition) is 3. The summed E-state index contributed by atoms with van der Waals surface area (Å²) in [6.45, 7) is 6.79. The predicted octanol–water partition coefficient (Wildman–Crippen LogP) is 3.41. The largest absolute Gasteiger partial charge is 0.156 e. The van der Waals surface area contributed by atoms with Gasteiger partial charge in [0.15, 0.2) is 0 Å². The number of aromatic nitrogens is 3. The standard InChI is InChI=1S/C12H17N3S/c1-4-6-12(2,3)10-5-9-16-11(10)15-13-7-8-14-15/h5,7-9H,4,6H2,1-3H3. The monoisotopic (exact) mass is 235 g/mol. The summed E-state index contributed by atoms with van der Waals surface area (Å²) in [6, 6.07) is 2.19. The molecule has 0 saturated heterocycles. The quantitative estimate of drug-likeness (QED) is 0.813. The van der Waals surface area contributed by atoms with E-state index in [1.807, 2.05) is 0 Å². The molecule has 86 valence electrons. The number of rotatable bonds is 4. The maximum absolute atomic E-state index is 4.21. The van der Waals surface area contributed by atoms with Gasteiger partial charge in [0.1, 0.15) is 5.00 Å². The van der Waals surface area contributed by atoms with Crippen molar-refractivity contribution in [1.29, 1.82) is 0 Å². The van der Waals surface area contributed by atoms with Gasteiger partial charge in [-0.2, -0.15) is 10.2 Å². The van der Waals surface area contributed by atoms with Gasteiger partial charge >= 0.3 is 0 Å². The van der Waals surface area contributed by atoms with Gasteiger partial charge in [0.05, 0.1) is 12.4 Å². The molecular weight excluding hydrogens is 218 g/mol. The zero-order valence-electron chi connectivity index (χ0n) is 9.97. The molecule has 0 atom stereocenters. The summed E-state index contributed by atoms with van der Waals surface area (Å²) in [5, 5.41) is 11.7. The molecule has 16 heavy (non-hydrogen) atoms. The molecule has 0 unspecified atom stereocenters. The van der Waals surface area contributed by atoms with Gasteiger partial charge in [0.2, 0.25) is 0 Å². The molecule has 0 amide bonds. The van der Waals surface area contributed by atoms with Gasteiger partial charge in [0, 0.05) is 0 Å². The molecular formula is C12H17N3S. The van der Waals surface area contributed by atoms with E-state index < -0.39 is 0 Å². The van der Waals surface area contributed by atoms with Crippen molar-refractivity contribution in [2.24, 2.45) is 0 Å². The van der Waals surface area contributed by atoms with Gasteiger partial charge in [-0.25, -0.2) is 0 Å². The lowest BCUT2D eigenvalue weighted by molar-refractivity contribution is 0.470. The molecule has 0 aliphatic carbocycles. The second-order valence-corrected chi connectivity index (χ2v) is 5.49. The first-order valence-corrected chi connectivity index (χ1v) is 6.48. The van der Waals surface area contributed by atoms with Crippen molar-refractivity contribution in [3.05, 3.63) is 29.4 Å².